The first-order chi connectivity index (χ1) is 9.15. The van der Waals surface area contributed by atoms with Gasteiger partial charge in [0, 0.05) is 12.6 Å². The summed E-state index contributed by atoms with van der Waals surface area (Å²) in [6, 6.07) is 5.07. The number of hydrogen-bond acceptors (Lipinski definition) is 3. The van der Waals surface area contributed by atoms with Gasteiger partial charge in [-0.25, -0.2) is 4.39 Å². The van der Waals surface area contributed by atoms with Crippen molar-refractivity contribution in [2.75, 3.05) is 13.2 Å². The van der Waals surface area contributed by atoms with Crippen LogP contribution in [0.3, 0.4) is 0 Å². The van der Waals surface area contributed by atoms with Gasteiger partial charge in [0.05, 0.1) is 6.10 Å². The quantitative estimate of drug-likeness (QED) is 0.892. The number of benzene rings is 1. The molecule has 0 amide bonds. The zero-order valence-corrected chi connectivity index (χ0v) is 11.4. The van der Waals surface area contributed by atoms with Crippen LogP contribution in [0.5, 0.6) is 5.75 Å². The third-order valence-electron chi connectivity index (χ3n) is 3.25. The van der Waals surface area contributed by atoms with Crippen molar-refractivity contribution >= 4 is 0 Å². The zero-order valence-electron chi connectivity index (χ0n) is 11.4. The normalized spacial score (nSPS) is 21.1. The van der Waals surface area contributed by atoms with Crippen LogP contribution in [0.4, 0.5) is 4.39 Å². The molecule has 0 spiro atoms. The van der Waals surface area contributed by atoms with E-state index in [1.807, 2.05) is 13.0 Å². The van der Waals surface area contributed by atoms with E-state index in [9.17, 15) is 4.39 Å². The van der Waals surface area contributed by atoms with Crippen LogP contribution in [0, 0.1) is 5.82 Å². The zero-order chi connectivity index (χ0) is 13.7. The molecule has 0 saturated carbocycles. The second-order valence-electron chi connectivity index (χ2n) is 5.25. The lowest BCUT2D eigenvalue weighted by molar-refractivity contribution is -0.0117. The Morgan fingerprint density at radius 2 is 2.32 bits per heavy atom. The summed E-state index contributed by atoms with van der Waals surface area (Å²) in [5.74, 6) is -0.0310. The maximum absolute atomic E-state index is 13.8. The van der Waals surface area contributed by atoms with Crippen molar-refractivity contribution in [1.82, 2.24) is 0 Å². The maximum Gasteiger partial charge on any atom is 0.165 e. The van der Waals surface area contributed by atoms with Gasteiger partial charge in [0.2, 0.25) is 0 Å². The van der Waals surface area contributed by atoms with Gasteiger partial charge in [0.15, 0.2) is 11.6 Å². The molecule has 2 unspecified atom stereocenters. The van der Waals surface area contributed by atoms with Crippen molar-refractivity contribution in [3.63, 3.8) is 0 Å². The van der Waals surface area contributed by atoms with Crippen LogP contribution in [0.25, 0.3) is 0 Å². The van der Waals surface area contributed by atoms with E-state index in [1.54, 1.807) is 6.07 Å². The summed E-state index contributed by atoms with van der Waals surface area (Å²) in [6.45, 7) is 3.11. The van der Waals surface area contributed by atoms with Crippen LogP contribution >= 0.6 is 0 Å². The fourth-order valence-corrected chi connectivity index (χ4v) is 2.28. The Bertz CT molecular complexity index is 403. The standard InChI is InChI=1S/C15H22FNO2/c1-11(17)8-12-5-6-15(14(16)9-12)19-10-13-4-2-3-7-18-13/h5-6,9,11,13H,2-4,7-8,10,17H2,1H3. The van der Waals surface area contributed by atoms with Crippen molar-refractivity contribution in [3.8, 4) is 5.75 Å². The van der Waals surface area contributed by atoms with E-state index in [2.05, 4.69) is 0 Å². The molecule has 106 valence electrons. The number of nitrogens with two attached hydrogens (primary N) is 1. The lowest BCUT2D eigenvalue weighted by Gasteiger charge is -2.22. The first kappa shape index (κ1) is 14.3. The molecule has 3 nitrogen and oxygen atoms in total. The molecular formula is C15H22FNO2. The summed E-state index contributed by atoms with van der Waals surface area (Å²) in [5.41, 5.74) is 6.60. The highest BCUT2D eigenvalue weighted by atomic mass is 19.1. The highest BCUT2D eigenvalue weighted by Crippen LogP contribution is 2.21. The van der Waals surface area contributed by atoms with E-state index in [1.165, 1.54) is 6.07 Å². The molecule has 2 atom stereocenters. The smallest absolute Gasteiger partial charge is 0.165 e. The third-order valence-corrected chi connectivity index (χ3v) is 3.25. The monoisotopic (exact) mass is 267 g/mol. The van der Waals surface area contributed by atoms with Crippen LogP contribution in [-0.4, -0.2) is 25.4 Å². The summed E-state index contributed by atoms with van der Waals surface area (Å²) in [6.07, 6.45) is 4.02. The molecule has 1 aliphatic heterocycles. The molecule has 19 heavy (non-hydrogen) atoms. The molecule has 1 heterocycles. The Labute approximate surface area is 113 Å². The van der Waals surface area contributed by atoms with Gasteiger partial charge >= 0.3 is 0 Å². The molecule has 2 rings (SSSR count). The molecule has 0 radical (unpaired) electrons. The molecule has 1 aromatic rings. The number of hydrogen-bond donors (Lipinski definition) is 1. The Kier molecular flexibility index (Phi) is 5.16. The first-order valence-corrected chi connectivity index (χ1v) is 6.93. The van der Waals surface area contributed by atoms with E-state index in [-0.39, 0.29) is 18.0 Å². The van der Waals surface area contributed by atoms with E-state index >= 15 is 0 Å². The fraction of sp³-hybridized carbons (Fsp3) is 0.600. The molecule has 0 aromatic heterocycles. The van der Waals surface area contributed by atoms with Crippen molar-refractivity contribution in [2.24, 2.45) is 5.73 Å². The summed E-state index contributed by atoms with van der Waals surface area (Å²) in [4.78, 5) is 0. The Hall–Kier alpha value is -1.13. The van der Waals surface area contributed by atoms with Gasteiger partial charge in [-0.3, -0.25) is 0 Å². The maximum atomic E-state index is 13.8. The van der Waals surface area contributed by atoms with Crippen LogP contribution in [0.2, 0.25) is 0 Å². The lowest BCUT2D eigenvalue weighted by atomic mass is 10.1. The molecule has 1 fully saturated rings. The predicted molar refractivity (Wildman–Crippen MR) is 72.8 cm³/mol. The fourth-order valence-electron chi connectivity index (χ4n) is 2.28. The molecule has 1 aliphatic rings. The second kappa shape index (κ2) is 6.87. The number of ether oxygens (including phenoxy) is 2. The molecule has 0 bridgehead atoms. The van der Waals surface area contributed by atoms with Crippen LogP contribution < -0.4 is 10.5 Å². The number of halogens is 1. The van der Waals surface area contributed by atoms with Crippen molar-refractivity contribution in [3.05, 3.63) is 29.6 Å². The minimum Gasteiger partial charge on any atom is -0.488 e. The van der Waals surface area contributed by atoms with E-state index < -0.39 is 0 Å². The van der Waals surface area contributed by atoms with Crippen molar-refractivity contribution < 1.29 is 13.9 Å². The highest BCUT2D eigenvalue weighted by Gasteiger charge is 2.15. The third kappa shape index (κ3) is 4.48. The van der Waals surface area contributed by atoms with Crippen molar-refractivity contribution in [2.45, 2.75) is 44.8 Å². The average molecular weight is 267 g/mol. The van der Waals surface area contributed by atoms with Gasteiger partial charge < -0.3 is 15.2 Å². The number of rotatable bonds is 5. The molecule has 1 saturated heterocycles. The topological polar surface area (TPSA) is 44.5 Å². The Balaban J connectivity index is 1.89. The Morgan fingerprint density at radius 3 is 2.95 bits per heavy atom. The average Bonchev–Trinajstić information content (AvgIpc) is 2.38. The Morgan fingerprint density at radius 1 is 1.47 bits per heavy atom. The molecule has 2 N–H and O–H groups in total. The van der Waals surface area contributed by atoms with E-state index in [0.717, 1.165) is 31.4 Å². The van der Waals surface area contributed by atoms with Crippen LogP contribution in [0.15, 0.2) is 18.2 Å². The second-order valence-corrected chi connectivity index (χ2v) is 5.25. The molecule has 0 aliphatic carbocycles. The predicted octanol–water partition coefficient (Wildman–Crippen LogP) is 2.66. The van der Waals surface area contributed by atoms with Crippen LogP contribution in [-0.2, 0) is 11.2 Å². The van der Waals surface area contributed by atoms with Crippen LogP contribution in [0.1, 0.15) is 31.7 Å². The largest absolute Gasteiger partial charge is 0.488 e. The van der Waals surface area contributed by atoms with Gasteiger partial charge in [0.1, 0.15) is 6.61 Å². The van der Waals surface area contributed by atoms with E-state index in [0.29, 0.717) is 18.8 Å². The summed E-state index contributed by atoms with van der Waals surface area (Å²) >= 11 is 0. The van der Waals surface area contributed by atoms with Gasteiger partial charge in [-0.2, -0.15) is 0 Å². The minimum atomic E-state index is -0.325. The summed E-state index contributed by atoms with van der Waals surface area (Å²) in [7, 11) is 0. The van der Waals surface area contributed by atoms with E-state index in [4.69, 9.17) is 15.2 Å². The molecule has 4 heteroatoms. The van der Waals surface area contributed by atoms with Gasteiger partial charge in [0.25, 0.3) is 0 Å². The molecule has 1 aromatic carbocycles. The SMILES string of the molecule is CC(N)Cc1ccc(OCC2CCCCO2)c(F)c1. The van der Waals surface area contributed by atoms with Gasteiger partial charge in [-0.05, 0) is 50.3 Å². The molecular weight excluding hydrogens is 245 g/mol. The minimum absolute atomic E-state index is 0.0295. The van der Waals surface area contributed by atoms with Crippen molar-refractivity contribution in [1.29, 1.82) is 0 Å². The summed E-state index contributed by atoms with van der Waals surface area (Å²) < 4.78 is 24.9. The highest BCUT2D eigenvalue weighted by molar-refractivity contribution is 5.29. The lowest BCUT2D eigenvalue weighted by Crippen LogP contribution is -2.26. The summed E-state index contributed by atoms with van der Waals surface area (Å²) in [5, 5.41) is 0. The van der Waals surface area contributed by atoms with Gasteiger partial charge in [-0.15, -0.1) is 0 Å². The first-order valence-electron chi connectivity index (χ1n) is 6.93. The van der Waals surface area contributed by atoms with Gasteiger partial charge in [-0.1, -0.05) is 6.07 Å².